The summed E-state index contributed by atoms with van der Waals surface area (Å²) in [5, 5.41) is 0. The Morgan fingerprint density at radius 2 is 1.75 bits per heavy atom. The van der Waals surface area contributed by atoms with Crippen molar-refractivity contribution in [2.75, 3.05) is 26.7 Å². The highest BCUT2D eigenvalue weighted by Gasteiger charge is 2.43. The molecule has 3 heterocycles. The lowest BCUT2D eigenvalue weighted by molar-refractivity contribution is -0.923. The lowest BCUT2D eigenvalue weighted by atomic mass is 10.0. The second-order valence-electron chi connectivity index (χ2n) is 7.11. The van der Waals surface area contributed by atoms with Gasteiger partial charge in [0.1, 0.15) is 6.10 Å². The Labute approximate surface area is 122 Å². The number of hydrogen-bond donors (Lipinski definition) is 2. The Bertz CT molecular complexity index is 327. The third-order valence-corrected chi connectivity index (χ3v) is 5.79. The normalized spacial score (nSPS) is 37.9. The number of nitrogens with one attached hydrogen (secondary N) is 2. The predicted molar refractivity (Wildman–Crippen MR) is 76.8 cm³/mol. The maximum atomic E-state index is 12.0. The lowest BCUT2D eigenvalue weighted by Crippen LogP contribution is -3.15. The zero-order valence-corrected chi connectivity index (χ0v) is 12.8. The van der Waals surface area contributed by atoms with Crippen molar-refractivity contribution in [1.82, 2.24) is 0 Å². The first-order valence-electron chi connectivity index (χ1n) is 8.59. The van der Waals surface area contributed by atoms with Gasteiger partial charge < -0.3 is 14.5 Å². The van der Waals surface area contributed by atoms with Crippen molar-refractivity contribution in [2.45, 2.75) is 69.6 Å². The van der Waals surface area contributed by atoms with Crippen molar-refractivity contribution in [3.63, 3.8) is 0 Å². The largest absolute Gasteiger partial charge is 0.462 e. The van der Waals surface area contributed by atoms with Crippen LogP contribution in [0.25, 0.3) is 0 Å². The molecule has 114 valence electrons. The van der Waals surface area contributed by atoms with Crippen LogP contribution in [-0.2, 0) is 9.53 Å². The minimum atomic E-state index is 0.0482. The first-order chi connectivity index (χ1) is 9.72. The van der Waals surface area contributed by atoms with Gasteiger partial charge >= 0.3 is 5.97 Å². The number of fused-ring (bicyclic) bond motifs is 2. The Balaban J connectivity index is 1.38. The Morgan fingerprint density at radius 1 is 1.10 bits per heavy atom. The summed E-state index contributed by atoms with van der Waals surface area (Å²) in [6.45, 7) is 3.47. The van der Waals surface area contributed by atoms with Gasteiger partial charge in [0.25, 0.3) is 0 Å². The summed E-state index contributed by atoms with van der Waals surface area (Å²) >= 11 is 0. The van der Waals surface area contributed by atoms with E-state index in [0.717, 1.165) is 31.5 Å². The fraction of sp³-hybridized carbons (Fsp3) is 0.938. The molecule has 2 N–H and O–H groups in total. The Hall–Kier alpha value is -0.610. The number of ether oxygens (including phenoxy) is 1. The molecule has 20 heavy (non-hydrogen) atoms. The second kappa shape index (κ2) is 6.44. The van der Waals surface area contributed by atoms with Crippen LogP contribution < -0.4 is 9.80 Å². The maximum Gasteiger partial charge on any atom is 0.311 e. The molecule has 0 aromatic carbocycles. The molecule has 0 amide bonds. The van der Waals surface area contributed by atoms with Gasteiger partial charge in [-0.3, -0.25) is 4.79 Å². The first-order valence-corrected chi connectivity index (χ1v) is 8.59. The van der Waals surface area contributed by atoms with Crippen molar-refractivity contribution in [1.29, 1.82) is 0 Å². The number of piperidine rings is 2. The molecular formula is C16H30N2O2+2. The average Bonchev–Trinajstić information content (AvgIpc) is 2.68. The highest BCUT2D eigenvalue weighted by molar-refractivity contribution is 5.69. The van der Waals surface area contributed by atoms with Gasteiger partial charge in [-0.15, -0.1) is 0 Å². The van der Waals surface area contributed by atoms with Crippen LogP contribution in [0.2, 0.25) is 0 Å². The fourth-order valence-corrected chi connectivity index (χ4v) is 4.45. The summed E-state index contributed by atoms with van der Waals surface area (Å²) in [5.74, 6) is 0.0482. The number of likely N-dealkylation sites (tertiary alicyclic amines) is 1. The van der Waals surface area contributed by atoms with Gasteiger partial charge in [0.15, 0.2) is 0 Å². The smallest absolute Gasteiger partial charge is 0.311 e. The number of esters is 1. The molecule has 3 aliphatic rings. The van der Waals surface area contributed by atoms with E-state index < -0.39 is 0 Å². The standard InChI is InChI=1S/C16H28N2O2/c1-17-13-5-6-14(17)12-15(11-13)20-16(19)7-10-18-8-3-2-4-9-18/h13-15H,2-12H2,1H3/p+2. The summed E-state index contributed by atoms with van der Waals surface area (Å²) in [4.78, 5) is 15.3. The number of hydrogen-bond acceptors (Lipinski definition) is 2. The predicted octanol–water partition coefficient (Wildman–Crippen LogP) is -0.803. The van der Waals surface area contributed by atoms with E-state index in [1.807, 2.05) is 0 Å². The number of carbonyl (C=O) groups is 1. The molecule has 2 atom stereocenters. The minimum Gasteiger partial charge on any atom is -0.462 e. The van der Waals surface area contributed by atoms with Crippen molar-refractivity contribution in [2.24, 2.45) is 0 Å². The average molecular weight is 282 g/mol. The molecule has 3 rings (SSSR count). The molecule has 0 radical (unpaired) electrons. The van der Waals surface area contributed by atoms with Gasteiger partial charge in [0.2, 0.25) is 0 Å². The van der Waals surface area contributed by atoms with Crippen LogP contribution in [0.15, 0.2) is 0 Å². The van der Waals surface area contributed by atoms with E-state index in [1.165, 1.54) is 45.2 Å². The number of quaternary nitrogens is 2. The molecule has 0 spiro atoms. The van der Waals surface area contributed by atoms with Crippen LogP contribution in [0.4, 0.5) is 0 Å². The number of rotatable bonds is 4. The van der Waals surface area contributed by atoms with Gasteiger partial charge in [0.05, 0.1) is 45.2 Å². The van der Waals surface area contributed by atoms with Gasteiger partial charge in [-0.05, 0) is 19.3 Å². The van der Waals surface area contributed by atoms with Crippen LogP contribution in [0.3, 0.4) is 0 Å². The third-order valence-electron chi connectivity index (χ3n) is 5.79. The molecular weight excluding hydrogens is 252 g/mol. The summed E-state index contributed by atoms with van der Waals surface area (Å²) in [6.07, 6.45) is 9.66. The van der Waals surface area contributed by atoms with E-state index >= 15 is 0 Å². The quantitative estimate of drug-likeness (QED) is 0.662. The van der Waals surface area contributed by atoms with E-state index in [4.69, 9.17) is 4.74 Å². The molecule has 0 aromatic rings. The summed E-state index contributed by atoms with van der Waals surface area (Å²) in [6, 6.07) is 1.47. The van der Waals surface area contributed by atoms with Crippen LogP contribution >= 0.6 is 0 Å². The van der Waals surface area contributed by atoms with Crippen LogP contribution in [-0.4, -0.2) is 50.8 Å². The van der Waals surface area contributed by atoms with Gasteiger partial charge in [-0.2, -0.15) is 0 Å². The molecule has 4 nitrogen and oxygen atoms in total. The second-order valence-corrected chi connectivity index (χ2v) is 7.11. The topological polar surface area (TPSA) is 35.2 Å². The van der Waals surface area contributed by atoms with Crippen LogP contribution in [0.5, 0.6) is 0 Å². The van der Waals surface area contributed by atoms with Crippen molar-refractivity contribution >= 4 is 5.97 Å². The summed E-state index contributed by atoms with van der Waals surface area (Å²) in [7, 11) is 2.31. The zero-order chi connectivity index (χ0) is 13.9. The first kappa shape index (κ1) is 14.3. The molecule has 2 unspecified atom stereocenters. The Morgan fingerprint density at radius 3 is 2.40 bits per heavy atom. The minimum absolute atomic E-state index is 0.0482. The molecule has 3 saturated heterocycles. The van der Waals surface area contributed by atoms with E-state index in [0.29, 0.717) is 6.42 Å². The van der Waals surface area contributed by atoms with Gasteiger partial charge in [0, 0.05) is 25.7 Å². The molecule has 4 heteroatoms. The lowest BCUT2D eigenvalue weighted by Gasteiger charge is -2.33. The maximum absolute atomic E-state index is 12.0. The van der Waals surface area contributed by atoms with E-state index in [9.17, 15) is 4.79 Å². The number of carbonyl (C=O) groups excluding carboxylic acids is 1. The van der Waals surface area contributed by atoms with E-state index in [-0.39, 0.29) is 12.1 Å². The van der Waals surface area contributed by atoms with Gasteiger partial charge in [-0.1, -0.05) is 0 Å². The van der Waals surface area contributed by atoms with Crippen molar-refractivity contribution in [3.05, 3.63) is 0 Å². The highest BCUT2D eigenvalue weighted by Crippen LogP contribution is 2.24. The van der Waals surface area contributed by atoms with E-state index in [1.54, 1.807) is 9.80 Å². The molecule has 3 fully saturated rings. The van der Waals surface area contributed by atoms with Crippen molar-refractivity contribution in [3.8, 4) is 0 Å². The summed E-state index contributed by atoms with van der Waals surface area (Å²) < 4.78 is 5.75. The molecule has 3 aliphatic heterocycles. The molecule has 2 bridgehead atoms. The summed E-state index contributed by atoms with van der Waals surface area (Å²) in [5.41, 5.74) is 0. The van der Waals surface area contributed by atoms with Crippen molar-refractivity contribution < 1.29 is 19.3 Å². The molecule has 0 aliphatic carbocycles. The zero-order valence-electron chi connectivity index (χ0n) is 12.8. The van der Waals surface area contributed by atoms with Crippen LogP contribution in [0, 0.1) is 0 Å². The van der Waals surface area contributed by atoms with Gasteiger partial charge in [-0.25, -0.2) is 0 Å². The Kier molecular flexibility index (Phi) is 4.61. The fourth-order valence-electron chi connectivity index (χ4n) is 4.45. The molecule has 0 aromatic heterocycles. The van der Waals surface area contributed by atoms with E-state index in [2.05, 4.69) is 7.05 Å². The third kappa shape index (κ3) is 3.34. The SMILES string of the molecule is C[NH+]1C2CCC1CC(OC(=O)CC[NH+]1CCCCC1)C2. The van der Waals surface area contributed by atoms with Crippen LogP contribution in [0.1, 0.15) is 51.4 Å². The molecule has 0 saturated carbocycles. The highest BCUT2D eigenvalue weighted by atomic mass is 16.5. The monoisotopic (exact) mass is 282 g/mol.